The number of hydrogen-bond acceptors (Lipinski definition) is 3. The molecule has 1 aliphatic heterocycles. The fraction of sp³-hybridized carbons (Fsp3) is 0.250. The molecule has 3 aromatic rings. The van der Waals surface area contributed by atoms with Crippen molar-refractivity contribution in [2.45, 2.75) is 19.3 Å². The third kappa shape index (κ3) is 2.94. The Morgan fingerprint density at radius 2 is 1.81 bits per heavy atom. The summed E-state index contributed by atoms with van der Waals surface area (Å²) in [6.45, 7) is 1.63. The monoisotopic (exact) mass is 348 g/mol. The zero-order chi connectivity index (χ0) is 18.1. The van der Waals surface area contributed by atoms with Crippen LogP contribution in [0.3, 0.4) is 0 Å². The topological polar surface area (TPSA) is 81.2 Å². The zero-order valence-corrected chi connectivity index (χ0v) is 14.4. The van der Waals surface area contributed by atoms with Gasteiger partial charge in [-0.05, 0) is 49.6 Å². The van der Waals surface area contributed by atoms with Gasteiger partial charge in [-0.15, -0.1) is 0 Å². The Labute approximate surface area is 151 Å². The van der Waals surface area contributed by atoms with Crippen molar-refractivity contribution in [2.75, 3.05) is 13.1 Å². The molecule has 0 spiro atoms. The van der Waals surface area contributed by atoms with Crippen molar-refractivity contribution >= 4 is 22.8 Å². The van der Waals surface area contributed by atoms with E-state index < -0.39 is 5.91 Å². The number of likely N-dealkylation sites (tertiary alicyclic amines) is 1. The number of aromatic nitrogens is 2. The molecule has 2 aromatic heterocycles. The van der Waals surface area contributed by atoms with Crippen molar-refractivity contribution < 1.29 is 9.59 Å². The second-order valence-corrected chi connectivity index (χ2v) is 6.59. The van der Waals surface area contributed by atoms with Crippen molar-refractivity contribution in [3.63, 3.8) is 0 Å². The number of benzene rings is 1. The van der Waals surface area contributed by atoms with E-state index in [9.17, 15) is 9.59 Å². The Morgan fingerprint density at radius 1 is 1.00 bits per heavy atom. The highest BCUT2D eigenvalue weighted by molar-refractivity contribution is 5.97. The molecule has 1 fully saturated rings. The van der Waals surface area contributed by atoms with Gasteiger partial charge in [-0.25, -0.2) is 4.98 Å². The summed E-state index contributed by atoms with van der Waals surface area (Å²) >= 11 is 0. The largest absolute Gasteiger partial charge is 0.366 e. The molecule has 26 heavy (non-hydrogen) atoms. The second kappa shape index (κ2) is 6.63. The summed E-state index contributed by atoms with van der Waals surface area (Å²) in [6, 6.07) is 10.9. The van der Waals surface area contributed by atoms with E-state index in [2.05, 4.69) is 4.98 Å². The maximum atomic E-state index is 12.7. The van der Waals surface area contributed by atoms with Gasteiger partial charge < -0.3 is 15.2 Å². The van der Waals surface area contributed by atoms with E-state index in [0.717, 1.165) is 42.7 Å². The number of piperidine rings is 1. The maximum Gasteiger partial charge on any atom is 0.255 e. The van der Waals surface area contributed by atoms with Gasteiger partial charge in [0.25, 0.3) is 5.91 Å². The van der Waals surface area contributed by atoms with E-state index >= 15 is 0 Å². The van der Waals surface area contributed by atoms with Crippen LogP contribution < -0.4 is 5.73 Å². The highest BCUT2D eigenvalue weighted by Gasteiger charge is 2.19. The van der Waals surface area contributed by atoms with Gasteiger partial charge in [-0.1, -0.05) is 6.07 Å². The third-order valence-corrected chi connectivity index (χ3v) is 4.83. The number of amides is 2. The molecule has 1 saturated heterocycles. The number of rotatable bonds is 3. The molecule has 6 nitrogen and oxygen atoms in total. The van der Waals surface area contributed by atoms with E-state index in [-0.39, 0.29) is 5.91 Å². The van der Waals surface area contributed by atoms with Crippen molar-refractivity contribution in [1.29, 1.82) is 0 Å². The number of hydrogen-bond donors (Lipinski definition) is 1. The molecule has 1 aromatic carbocycles. The van der Waals surface area contributed by atoms with Crippen LogP contribution in [0.2, 0.25) is 0 Å². The molecule has 2 amide bonds. The minimum atomic E-state index is -0.467. The van der Waals surface area contributed by atoms with Crippen LogP contribution in [0, 0.1) is 0 Å². The lowest BCUT2D eigenvalue weighted by Crippen LogP contribution is -2.35. The van der Waals surface area contributed by atoms with Crippen LogP contribution in [0.1, 0.15) is 40.0 Å². The molecule has 0 saturated carbocycles. The molecule has 6 heteroatoms. The first-order valence-electron chi connectivity index (χ1n) is 8.80. The van der Waals surface area contributed by atoms with Crippen LogP contribution in [0.25, 0.3) is 16.7 Å². The molecule has 132 valence electrons. The second-order valence-electron chi connectivity index (χ2n) is 6.59. The average molecular weight is 348 g/mol. The predicted molar refractivity (Wildman–Crippen MR) is 99.3 cm³/mol. The van der Waals surface area contributed by atoms with Crippen molar-refractivity contribution in [3.8, 4) is 5.69 Å². The first-order chi connectivity index (χ1) is 12.6. The van der Waals surface area contributed by atoms with Gasteiger partial charge in [0.15, 0.2) is 0 Å². The number of fused-ring (bicyclic) bond motifs is 1. The molecule has 0 radical (unpaired) electrons. The molecule has 0 unspecified atom stereocenters. The van der Waals surface area contributed by atoms with Crippen LogP contribution in [0.5, 0.6) is 0 Å². The zero-order valence-electron chi connectivity index (χ0n) is 14.4. The summed E-state index contributed by atoms with van der Waals surface area (Å²) in [4.78, 5) is 30.5. The fourth-order valence-corrected chi connectivity index (χ4v) is 3.44. The minimum Gasteiger partial charge on any atom is -0.366 e. The first kappa shape index (κ1) is 16.3. The number of nitrogens with two attached hydrogens (primary N) is 1. The minimum absolute atomic E-state index is 0.0441. The molecule has 3 heterocycles. The molecule has 2 N–H and O–H groups in total. The lowest BCUT2D eigenvalue weighted by molar-refractivity contribution is 0.0724. The SMILES string of the molecule is NC(=O)c1cccc(-n2ccc3cc(C(=O)N4CCCCC4)cnc32)c1. The summed E-state index contributed by atoms with van der Waals surface area (Å²) in [5.41, 5.74) is 7.97. The van der Waals surface area contributed by atoms with Crippen LogP contribution in [0.15, 0.2) is 48.8 Å². The molecule has 0 bridgehead atoms. The maximum absolute atomic E-state index is 12.7. The smallest absolute Gasteiger partial charge is 0.255 e. The van der Waals surface area contributed by atoms with Gasteiger partial charge >= 0.3 is 0 Å². The van der Waals surface area contributed by atoms with Gasteiger partial charge in [0.1, 0.15) is 5.65 Å². The van der Waals surface area contributed by atoms with E-state index in [1.807, 2.05) is 33.9 Å². The summed E-state index contributed by atoms with van der Waals surface area (Å²) in [6.07, 6.45) is 6.83. The quantitative estimate of drug-likeness (QED) is 0.790. The Hall–Kier alpha value is -3.15. The molecule has 4 rings (SSSR count). The van der Waals surface area contributed by atoms with Crippen LogP contribution in [0.4, 0.5) is 0 Å². The van der Waals surface area contributed by atoms with E-state index in [1.165, 1.54) is 6.42 Å². The standard InChI is InChI=1S/C20H20N4O2/c21-18(25)14-5-4-6-17(12-14)24-10-7-15-11-16(13-22-19(15)24)20(26)23-8-2-1-3-9-23/h4-7,10-13H,1-3,8-9H2,(H2,21,25). The highest BCUT2D eigenvalue weighted by Crippen LogP contribution is 2.22. The third-order valence-electron chi connectivity index (χ3n) is 4.83. The first-order valence-corrected chi connectivity index (χ1v) is 8.80. The van der Waals surface area contributed by atoms with Crippen molar-refractivity contribution in [1.82, 2.24) is 14.5 Å². The molecular formula is C20H20N4O2. The van der Waals surface area contributed by atoms with Gasteiger partial charge in [-0.3, -0.25) is 9.59 Å². The number of carbonyl (C=O) groups excluding carboxylic acids is 2. The molecule has 1 aliphatic rings. The Bertz CT molecular complexity index is 986. The van der Waals surface area contributed by atoms with Crippen LogP contribution >= 0.6 is 0 Å². The predicted octanol–water partition coefficient (Wildman–Crippen LogP) is 2.75. The fourth-order valence-electron chi connectivity index (χ4n) is 3.44. The van der Waals surface area contributed by atoms with Gasteiger partial charge in [0, 0.05) is 42.1 Å². The number of primary amides is 1. The number of carbonyl (C=O) groups is 2. The number of nitrogens with zero attached hydrogens (tertiary/aromatic N) is 3. The Morgan fingerprint density at radius 3 is 2.58 bits per heavy atom. The molecule has 0 atom stereocenters. The van der Waals surface area contributed by atoms with E-state index in [4.69, 9.17) is 5.73 Å². The number of pyridine rings is 1. The lowest BCUT2D eigenvalue weighted by atomic mass is 10.1. The lowest BCUT2D eigenvalue weighted by Gasteiger charge is -2.26. The highest BCUT2D eigenvalue weighted by atomic mass is 16.2. The van der Waals surface area contributed by atoms with Crippen LogP contribution in [-0.2, 0) is 0 Å². The molecule has 0 aliphatic carbocycles. The van der Waals surface area contributed by atoms with Gasteiger partial charge in [0.2, 0.25) is 5.91 Å². The van der Waals surface area contributed by atoms with E-state index in [0.29, 0.717) is 11.1 Å². The van der Waals surface area contributed by atoms with Crippen LogP contribution in [-0.4, -0.2) is 39.4 Å². The normalized spacial score (nSPS) is 14.5. The summed E-state index contributed by atoms with van der Waals surface area (Å²) < 4.78 is 1.89. The Kier molecular flexibility index (Phi) is 4.16. The van der Waals surface area contributed by atoms with Crippen molar-refractivity contribution in [3.05, 3.63) is 59.9 Å². The summed E-state index contributed by atoms with van der Waals surface area (Å²) in [7, 11) is 0. The van der Waals surface area contributed by atoms with Gasteiger partial charge in [0.05, 0.1) is 5.56 Å². The Balaban J connectivity index is 1.68. The van der Waals surface area contributed by atoms with E-state index in [1.54, 1.807) is 24.4 Å². The summed E-state index contributed by atoms with van der Waals surface area (Å²) in [5.74, 6) is -0.423. The van der Waals surface area contributed by atoms with Gasteiger partial charge in [-0.2, -0.15) is 0 Å². The van der Waals surface area contributed by atoms with Crippen molar-refractivity contribution in [2.24, 2.45) is 5.73 Å². The molecular weight excluding hydrogens is 328 g/mol. The average Bonchev–Trinajstić information content (AvgIpc) is 3.11. The summed E-state index contributed by atoms with van der Waals surface area (Å²) in [5, 5.41) is 0.886.